The SMILES string of the molecule is O=C1CN(F)CCN1CCC1=NCC(c2cc(C(F)(F)F)cc(C(F)(F)F)c2)=N1. The Morgan fingerprint density at radius 1 is 0.966 bits per heavy atom. The number of rotatable bonds is 4. The molecule has 2 aliphatic rings. The molecule has 0 unspecified atom stereocenters. The standard InChI is InChI=1S/C17H15F7N4O/c18-16(19,20)11-5-10(6-12(7-11)17(21,22)23)13-8-25-14(26-13)1-2-27-3-4-28(24)9-15(27)29/h5-7H,1-4,8-9H2. The number of nitrogens with zero attached hydrogens (tertiary/aromatic N) is 4. The minimum Gasteiger partial charge on any atom is -0.340 e. The molecular weight excluding hydrogens is 409 g/mol. The third kappa shape index (κ3) is 5.11. The van der Waals surface area contributed by atoms with E-state index in [1.54, 1.807) is 0 Å². The predicted octanol–water partition coefficient (Wildman–Crippen LogP) is 3.34. The van der Waals surface area contributed by atoms with Crippen LogP contribution in [0, 0.1) is 0 Å². The summed E-state index contributed by atoms with van der Waals surface area (Å²) >= 11 is 0. The molecule has 0 bridgehead atoms. The molecule has 1 saturated heterocycles. The van der Waals surface area contributed by atoms with E-state index < -0.39 is 29.4 Å². The lowest BCUT2D eigenvalue weighted by atomic mass is 10.0. The smallest absolute Gasteiger partial charge is 0.340 e. The fraction of sp³-hybridized carbons (Fsp3) is 0.471. The Morgan fingerprint density at radius 3 is 2.14 bits per heavy atom. The summed E-state index contributed by atoms with van der Waals surface area (Å²) in [6, 6.07) is 1.27. The highest BCUT2D eigenvalue weighted by Crippen LogP contribution is 2.36. The summed E-state index contributed by atoms with van der Waals surface area (Å²) in [5, 5.41) is 0.383. The lowest BCUT2D eigenvalue weighted by Crippen LogP contribution is -2.47. The molecule has 0 aliphatic carbocycles. The molecule has 1 amide bonds. The molecule has 0 atom stereocenters. The van der Waals surface area contributed by atoms with Gasteiger partial charge in [0, 0.05) is 26.1 Å². The summed E-state index contributed by atoms with van der Waals surface area (Å²) in [5.41, 5.74) is -3.18. The molecule has 2 aliphatic heterocycles. The summed E-state index contributed by atoms with van der Waals surface area (Å²) in [5.74, 6) is -0.212. The normalized spacial score (nSPS) is 18.9. The van der Waals surface area contributed by atoms with Crippen molar-refractivity contribution in [3.63, 3.8) is 0 Å². The van der Waals surface area contributed by atoms with Gasteiger partial charge in [0.05, 0.1) is 23.4 Å². The number of hydrogen-bond donors (Lipinski definition) is 0. The van der Waals surface area contributed by atoms with Gasteiger partial charge >= 0.3 is 12.4 Å². The van der Waals surface area contributed by atoms with Crippen molar-refractivity contribution in [2.24, 2.45) is 9.98 Å². The second-order valence-electron chi connectivity index (χ2n) is 6.56. The topological polar surface area (TPSA) is 48.3 Å². The Bertz CT molecular complexity index is 828. The Morgan fingerprint density at radius 2 is 1.59 bits per heavy atom. The molecule has 5 nitrogen and oxygen atoms in total. The second kappa shape index (κ2) is 7.73. The average Bonchev–Trinajstić information content (AvgIpc) is 3.08. The van der Waals surface area contributed by atoms with Crippen LogP contribution in [0.25, 0.3) is 0 Å². The maximum absolute atomic E-state index is 13.0. The van der Waals surface area contributed by atoms with Crippen molar-refractivity contribution in [3.05, 3.63) is 34.9 Å². The van der Waals surface area contributed by atoms with Crippen LogP contribution in [-0.4, -0.2) is 60.2 Å². The lowest BCUT2D eigenvalue weighted by molar-refractivity contribution is -0.144. The molecule has 12 heteroatoms. The summed E-state index contributed by atoms with van der Waals surface area (Å²) in [4.78, 5) is 21.2. The number of piperazine rings is 1. The fourth-order valence-electron chi connectivity index (χ4n) is 2.96. The third-order valence-corrected chi connectivity index (χ3v) is 4.47. The van der Waals surface area contributed by atoms with Gasteiger partial charge in [0.25, 0.3) is 0 Å². The van der Waals surface area contributed by atoms with Crippen LogP contribution in [0.5, 0.6) is 0 Å². The van der Waals surface area contributed by atoms with E-state index in [4.69, 9.17) is 0 Å². The van der Waals surface area contributed by atoms with Crippen LogP contribution in [0.15, 0.2) is 28.2 Å². The number of amides is 1. The Labute approximate surface area is 160 Å². The van der Waals surface area contributed by atoms with E-state index in [2.05, 4.69) is 9.98 Å². The molecule has 1 aromatic carbocycles. The van der Waals surface area contributed by atoms with Crippen LogP contribution in [0.4, 0.5) is 30.8 Å². The quantitative estimate of drug-likeness (QED) is 0.550. The highest BCUT2D eigenvalue weighted by atomic mass is 19.4. The van der Waals surface area contributed by atoms with Crippen molar-refractivity contribution in [2.45, 2.75) is 18.8 Å². The number of benzene rings is 1. The molecule has 1 fully saturated rings. The van der Waals surface area contributed by atoms with Gasteiger partial charge in [-0.15, -0.1) is 9.60 Å². The second-order valence-corrected chi connectivity index (χ2v) is 6.56. The van der Waals surface area contributed by atoms with E-state index in [9.17, 15) is 35.6 Å². The van der Waals surface area contributed by atoms with Gasteiger partial charge in [0.2, 0.25) is 5.91 Å². The number of carbonyl (C=O) groups is 1. The number of carbonyl (C=O) groups excluding carboxylic acids is 1. The maximum atomic E-state index is 13.0. The Kier molecular flexibility index (Phi) is 5.65. The number of hydrogen-bond acceptors (Lipinski definition) is 4. The van der Waals surface area contributed by atoms with Crippen LogP contribution in [0.1, 0.15) is 23.1 Å². The summed E-state index contributed by atoms with van der Waals surface area (Å²) in [7, 11) is 0. The van der Waals surface area contributed by atoms with Crippen LogP contribution in [0.3, 0.4) is 0 Å². The maximum Gasteiger partial charge on any atom is 0.416 e. The van der Waals surface area contributed by atoms with Crippen molar-refractivity contribution in [1.82, 2.24) is 10.0 Å². The molecule has 0 N–H and O–H groups in total. The predicted molar refractivity (Wildman–Crippen MR) is 89.2 cm³/mol. The summed E-state index contributed by atoms with van der Waals surface area (Å²) < 4.78 is 90.9. The first kappa shape index (κ1) is 21.2. The number of halogens is 7. The number of alkyl halides is 6. The van der Waals surface area contributed by atoms with Crippen molar-refractivity contribution < 1.29 is 35.6 Å². The first-order chi connectivity index (χ1) is 13.4. The molecule has 29 heavy (non-hydrogen) atoms. The van der Waals surface area contributed by atoms with Gasteiger partial charge in [0.1, 0.15) is 12.4 Å². The molecule has 158 valence electrons. The number of amidine groups is 1. The van der Waals surface area contributed by atoms with Gasteiger partial charge in [-0.25, -0.2) is 4.99 Å². The fourth-order valence-corrected chi connectivity index (χ4v) is 2.96. The van der Waals surface area contributed by atoms with Crippen molar-refractivity contribution >= 4 is 17.5 Å². The Hall–Kier alpha value is -2.50. The molecule has 2 heterocycles. The van der Waals surface area contributed by atoms with Crippen LogP contribution < -0.4 is 0 Å². The van der Waals surface area contributed by atoms with Crippen molar-refractivity contribution in [3.8, 4) is 0 Å². The zero-order valence-corrected chi connectivity index (χ0v) is 14.8. The first-order valence-electron chi connectivity index (χ1n) is 8.53. The van der Waals surface area contributed by atoms with E-state index >= 15 is 0 Å². The summed E-state index contributed by atoms with van der Waals surface area (Å²) in [6.07, 6.45) is -9.73. The zero-order chi connectivity index (χ0) is 21.4. The van der Waals surface area contributed by atoms with E-state index in [1.165, 1.54) is 4.90 Å². The zero-order valence-electron chi connectivity index (χ0n) is 14.8. The molecule has 0 spiro atoms. The molecule has 0 aromatic heterocycles. The molecular formula is C17H15F7N4O. The largest absolute Gasteiger partial charge is 0.416 e. The van der Waals surface area contributed by atoms with Crippen LogP contribution in [-0.2, 0) is 17.1 Å². The molecule has 3 rings (SSSR count). The molecule has 1 aromatic rings. The van der Waals surface area contributed by atoms with Crippen LogP contribution in [0.2, 0.25) is 0 Å². The van der Waals surface area contributed by atoms with Crippen molar-refractivity contribution in [1.29, 1.82) is 0 Å². The minimum atomic E-state index is -4.95. The van der Waals surface area contributed by atoms with Gasteiger partial charge in [-0.3, -0.25) is 9.79 Å². The highest BCUT2D eigenvalue weighted by molar-refractivity contribution is 6.12. The van der Waals surface area contributed by atoms with E-state index in [0.717, 1.165) is 0 Å². The van der Waals surface area contributed by atoms with E-state index in [-0.39, 0.29) is 62.3 Å². The highest BCUT2D eigenvalue weighted by Gasteiger charge is 2.37. The van der Waals surface area contributed by atoms with Gasteiger partial charge < -0.3 is 4.90 Å². The van der Waals surface area contributed by atoms with Gasteiger partial charge in [-0.05, 0) is 23.8 Å². The monoisotopic (exact) mass is 424 g/mol. The van der Waals surface area contributed by atoms with E-state index in [1.807, 2.05) is 0 Å². The lowest BCUT2D eigenvalue weighted by Gasteiger charge is -2.29. The van der Waals surface area contributed by atoms with Gasteiger partial charge in [0.15, 0.2) is 0 Å². The molecule has 0 saturated carbocycles. The van der Waals surface area contributed by atoms with Crippen LogP contribution >= 0.6 is 0 Å². The van der Waals surface area contributed by atoms with E-state index in [0.29, 0.717) is 17.3 Å². The third-order valence-electron chi connectivity index (χ3n) is 4.47. The van der Waals surface area contributed by atoms with Crippen molar-refractivity contribution in [2.75, 3.05) is 32.7 Å². The average molecular weight is 424 g/mol. The van der Waals surface area contributed by atoms with Gasteiger partial charge in [-0.1, -0.05) is 0 Å². The molecule has 0 radical (unpaired) electrons. The first-order valence-corrected chi connectivity index (χ1v) is 8.53. The Balaban J connectivity index is 1.75. The van der Waals surface area contributed by atoms with Gasteiger partial charge in [-0.2, -0.15) is 26.3 Å². The summed E-state index contributed by atoms with van der Waals surface area (Å²) in [6.45, 7) is -0.136. The minimum absolute atomic E-state index is 0.0171. The number of aliphatic imine (C=N–C) groups is 2.